The van der Waals surface area contributed by atoms with Gasteiger partial charge in [0.15, 0.2) is 11.6 Å². The third kappa shape index (κ3) is 6.58. The summed E-state index contributed by atoms with van der Waals surface area (Å²) in [4.78, 5) is 44.0. The fourth-order valence-electron chi connectivity index (χ4n) is 4.38. The van der Waals surface area contributed by atoms with Crippen LogP contribution in [0.15, 0.2) is 83.8 Å². The average molecular weight is 572 g/mol. The van der Waals surface area contributed by atoms with Gasteiger partial charge < -0.3 is 24.8 Å². The number of aromatic nitrogens is 2. The lowest BCUT2D eigenvalue weighted by Gasteiger charge is -2.26. The first kappa shape index (κ1) is 28.4. The molecule has 9 nitrogen and oxygen atoms in total. The van der Waals surface area contributed by atoms with Gasteiger partial charge in [0.2, 0.25) is 5.91 Å². The smallest absolute Gasteiger partial charge is 0.293 e. The Morgan fingerprint density at radius 2 is 1.74 bits per heavy atom. The summed E-state index contributed by atoms with van der Waals surface area (Å²) in [6.07, 6.45) is 3.98. The van der Waals surface area contributed by atoms with Crippen LogP contribution in [0.3, 0.4) is 0 Å². The van der Waals surface area contributed by atoms with Gasteiger partial charge in [-0.3, -0.25) is 14.4 Å². The van der Waals surface area contributed by atoms with E-state index in [4.69, 9.17) is 4.74 Å². The molecule has 1 aromatic heterocycles. The lowest BCUT2D eigenvalue weighted by molar-refractivity contribution is -0.111. The van der Waals surface area contributed by atoms with Crippen LogP contribution in [0.2, 0.25) is 0 Å². The summed E-state index contributed by atoms with van der Waals surface area (Å²) in [6.45, 7) is 2.05. The van der Waals surface area contributed by atoms with Gasteiger partial charge in [0, 0.05) is 49.2 Å². The summed E-state index contributed by atoms with van der Waals surface area (Å²) >= 11 is 0. The normalized spacial score (nSPS) is 13.3. The van der Waals surface area contributed by atoms with Crippen molar-refractivity contribution in [3.63, 3.8) is 0 Å². The monoisotopic (exact) mass is 571 g/mol. The molecule has 2 amide bonds. The minimum Gasteiger partial charge on any atom is -0.378 e. The van der Waals surface area contributed by atoms with Gasteiger partial charge in [-0.25, -0.2) is 13.8 Å². The van der Waals surface area contributed by atoms with Gasteiger partial charge in [0.1, 0.15) is 5.82 Å². The molecular weight excluding hydrogens is 544 g/mol. The lowest BCUT2D eigenvalue weighted by atomic mass is 10.1. The molecule has 214 valence electrons. The Bertz CT molecular complexity index is 1710. The quantitative estimate of drug-likeness (QED) is 0.315. The standard InChI is InChI=1S/C31H27F2N5O4/c1-37-19-26(24-6-3-7-25(28(24)33)35-27(39)13-8-20-4-2-5-22(32)18-20)36-29(31(37)41)34-23-11-9-21(10-12-23)30(40)38-14-16-42-17-15-38/h2-13,18-19H,14-17H2,1H3,(H,34,36)(H,35,39)/b13-8+. The number of rotatable bonds is 7. The number of carbonyl (C=O) groups excluding carboxylic acids is 2. The molecule has 0 unspecified atom stereocenters. The number of benzene rings is 3. The SMILES string of the molecule is Cn1cc(-c2cccc(NC(=O)/C=C/c3cccc(F)c3)c2F)nc(Nc2ccc(C(=O)N3CCOCC3)cc2)c1=O. The van der Waals surface area contributed by atoms with Crippen molar-refractivity contribution in [3.05, 3.63) is 112 Å². The zero-order valence-electron chi connectivity index (χ0n) is 22.6. The molecule has 4 aromatic rings. The molecule has 2 heterocycles. The Balaban J connectivity index is 1.34. The highest BCUT2D eigenvalue weighted by Crippen LogP contribution is 2.27. The van der Waals surface area contributed by atoms with Crippen molar-refractivity contribution in [1.29, 1.82) is 0 Å². The van der Waals surface area contributed by atoms with E-state index in [2.05, 4.69) is 15.6 Å². The van der Waals surface area contributed by atoms with Crippen LogP contribution in [-0.2, 0) is 16.6 Å². The second kappa shape index (κ2) is 12.6. The van der Waals surface area contributed by atoms with E-state index in [-0.39, 0.29) is 28.7 Å². The first-order valence-electron chi connectivity index (χ1n) is 13.1. The van der Waals surface area contributed by atoms with Gasteiger partial charge in [0.25, 0.3) is 11.5 Å². The van der Waals surface area contributed by atoms with Crippen LogP contribution in [0, 0.1) is 11.6 Å². The van der Waals surface area contributed by atoms with Crippen LogP contribution in [0.25, 0.3) is 17.3 Å². The molecule has 3 aromatic carbocycles. The molecule has 2 N–H and O–H groups in total. The topological polar surface area (TPSA) is 106 Å². The molecule has 0 saturated carbocycles. The van der Waals surface area contributed by atoms with Crippen LogP contribution >= 0.6 is 0 Å². The molecule has 42 heavy (non-hydrogen) atoms. The Labute approximate surface area is 240 Å². The van der Waals surface area contributed by atoms with Crippen molar-refractivity contribution >= 4 is 35.1 Å². The highest BCUT2D eigenvalue weighted by molar-refractivity contribution is 6.02. The van der Waals surface area contributed by atoms with E-state index in [1.807, 2.05) is 0 Å². The maximum atomic E-state index is 15.5. The van der Waals surface area contributed by atoms with Crippen LogP contribution in [0.5, 0.6) is 0 Å². The molecule has 5 rings (SSSR count). The molecule has 1 aliphatic heterocycles. The Hall–Kier alpha value is -5.16. The van der Waals surface area contributed by atoms with E-state index < -0.39 is 23.1 Å². The number of anilines is 3. The van der Waals surface area contributed by atoms with E-state index in [9.17, 15) is 18.8 Å². The van der Waals surface area contributed by atoms with Gasteiger partial charge in [-0.15, -0.1) is 0 Å². The fraction of sp³-hybridized carbons (Fsp3) is 0.161. The molecular formula is C31H27F2N5O4. The summed E-state index contributed by atoms with van der Waals surface area (Å²) in [5.41, 5.74) is 1.18. The highest BCUT2D eigenvalue weighted by Gasteiger charge is 2.19. The number of nitrogens with one attached hydrogen (secondary N) is 2. The predicted molar refractivity (Wildman–Crippen MR) is 155 cm³/mol. The summed E-state index contributed by atoms with van der Waals surface area (Å²) in [5.74, 6) is -1.94. The predicted octanol–water partition coefficient (Wildman–Crippen LogP) is 4.59. The summed E-state index contributed by atoms with van der Waals surface area (Å²) < 4.78 is 35.5. The van der Waals surface area contributed by atoms with Crippen LogP contribution in [-0.4, -0.2) is 52.6 Å². The van der Waals surface area contributed by atoms with Crippen molar-refractivity contribution in [1.82, 2.24) is 14.5 Å². The number of carbonyl (C=O) groups is 2. The molecule has 1 saturated heterocycles. The third-order valence-corrected chi connectivity index (χ3v) is 6.57. The molecule has 1 aliphatic rings. The van der Waals surface area contributed by atoms with E-state index in [0.717, 1.165) is 0 Å². The summed E-state index contributed by atoms with van der Waals surface area (Å²) in [6, 6.07) is 16.8. The van der Waals surface area contributed by atoms with E-state index in [0.29, 0.717) is 43.1 Å². The van der Waals surface area contributed by atoms with Crippen molar-refractivity contribution < 1.29 is 23.1 Å². The van der Waals surface area contributed by atoms with Crippen LogP contribution in [0.4, 0.5) is 26.0 Å². The first-order valence-corrected chi connectivity index (χ1v) is 13.1. The second-order valence-corrected chi connectivity index (χ2v) is 9.54. The molecule has 0 atom stereocenters. The van der Waals surface area contributed by atoms with E-state index in [1.54, 1.807) is 41.3 Å². The third-order valence-electron chi connectivity index (χ3n) is 6.57. The van der Waals surface area contributed by atoms with Gasteiger partial charge in [-0.1, -0.05) is 18.2 Å². The number of ether oxygens (including phenoxy) is 1. The summed E-state index contributed by atoms with van der Waals surface area (Å²) in [5, 5.41) is 5.43. The van der Waals surface area contributed by atoms with Gasteiger partial charge in [0.05, 0.1) is 24.6 Å². The maximum Gasteiger partial charge on any atom is 0.293 e. The maximum absolute atomic E-state index is 15.5. The van der Waals surface area contributed by atoms with Gasteiger partial charge in [-0.2, -0.15) is 0 Å². The molecule has 0 aliphatic carbocycles. The number of hydrogen-bond donors (Lipinski definition) is 2. The molecule has 0 spiro atoms. The Morgan fingerprint density at radius 1 is 1.00 bits per heavy atom. The van der Waals surface area contributed by atoms with Gasteiger partial charge in [-0.05, 0) is 60.2 Å². The van der Waals surface area contributed by atoms with Gasteiger partial charge >= 0.3 is 0 Å². The molecule has 0 bridgehead atoms. The number of nitrogens with zero attached hydrogens (tertiary/aromatic N) is 3. The molecule has 0 radical (unpaired) electrons. The second-order valence-electron chi connectivity index (χ2n) is 9.54. The average Bonchev–Trinajstić information content (AvgIpc) is 3.00. The largest absolute Gasteiger partial charge is 0.378 e. The molecule has 1 fully saturated rings. The number of hydrogen-bond acceptors (Lipinski definition) is 6. The lowest BCUT2D eigenvalue weighted by Crippen LogP contribution is -2.40. The number of morpholine rings is 1. The first-order chi connectivity index (χ1) is 20.3. The van der Waals surface area contributed by atoms with Crippen LogP contribution in [0.1, 0.15) is 15.9 Å². The number of aryl methyl sites for hydroxylation is 1. The minimum absolute atomic E-state index is 0.0471. The highest BCUT2D eigenvalue weighted by atomic mass is 19.1. The Kier molecular flexibility index (Phi) is 8.49. The molecule has 11 heteroatoms. The summed E-state index contributed by atoms with van der Waals surface area (Å²) in [7, 11) is 1.52. The van der Waals surface area contributed by atoms with E-state index in [1.165, 1.54) is 60.3 Å². The van der Waals surface area contributed by atoms with Crippen molar-refractivity contribution in [2.45, 2.75) is 0 Å². The minimum atomic E-state index is -0.743. The zero-order valence-corrected chi connectivity index (χ0v) is 22.6. The van der Waals surface area contributed by atoms with Crippen molar-refractivity contribution in [3.8, 4) is 11.3 Å². The fourth-order valence-corrected chi connectivity index (χ4v) is 4.38. The number of amides is 2. The van der Waals surface area contributed by atoms with Crippen LogP contribution < -0.4 is 16.2 Å². The number of halogens is 2. The Morgan fingerprint density at radius 3 is 2.48 bits per heavy atom. The zero-order chi connectivity index (χ0) is 29.6. The van der Waals surface area contributed by atoms with Crippen molar-refractivity contribution in [2.24, 2.45) is 7.05 Å². The van der Waals surface area contributed by atoms with E-state index >= 15 is 4.39 Å². The van der Waals surface area contributed by atoms with Crippen molar-refractivity contribution in [2.75, 3.05) is 36.9 Å².